The second-order valence-corrected chi connectivity index (χ2v) is 3.13. The van der Waals surface area contributed by atoms with Crippen LogP contribution >= 0.6 is 12.2 Å². The summed E-state index contributed by atoms with van der Waals surface area (Å²) in [4.78, 5) is 3.02. The zero-order valence-corrected chi connectivity index (χ0v) is 7.87. The van der Waals surface area contributed by atoms with Gasteiger partial charge in [-0.3, -0.25) is 0 Å². The van der Waals surface area contributed by atoms with E-state index in [0.717, 1.165) is 11.3 Å². The van der Waals surface area contributed by atoms with E-state index in [1.807, 2.05) is 6.20 Å². The van der Waals surface area contributed by atoms with Crippen molar-refractivity contribution in [1.29, 1.82) is 0 Å². The Balaban J connectivity index is 2.75. The normalized spacial score (nSPS) is 10.4. The molecule has 1 N–H and O–H groups in total. The molecule has 1 aromatic rings. The smallest absolute Gasteiger partial charge is 0.177 e. The van der Waals surface area contributed by atoms with E-state index < -0.39 is 0 Å². The summed E-state index contributed by atoms with van der Waals surface area (Å²) in [5.41, 5.74) is 1.23. The molecule has 2 nitrogen and oxygen atoms in total. The Morgan fingerprint density at radius 1 is 1.64 bits per heavy atom. The maximum atomic E-state index is 5.09. The number of rotatable bonds is 3. The molecule has 0 spiro atoms. The van der Waals surface area contributed by atoms with E-state index in [0.29, 0.717) is 0 Å². The molecule has 0 radical (unpaired) electrons. The van der Waals surface area contributed by atoms with Gasteiger partial charge in [0.25, 0.3) is 0 Å². The topological polar surface area (TPSA) is 20.7 Å². The van der Waals surface area contributed by atoms with Crippen LogP contribution in [0.1, 0.15) is 25.5 Å². The highest BCUT2D eigenvalue weighted by Crippen LogP contribution is 2.02. The average molecular weight is 170 g/mol. The van der Waals surface area contributed by atoms with Gasteiger partial charge in [-0.2, -0.15) is 0 Å². The Labute approximate surface area is 72.3 Å². The number of aryl methyl sites for hydroxylation is 1. The maximum Gasteiger partial charge on any atom is 0.177 e. The van der Waals surface area contributed by atoms with Gasteiger partial charge >= 0.3 is 0 Å². The van der Waals surface area contributed by atoms with Crippen LogP contribution < -0.4 is 0 Å². The van der Waals surface area contributed by atoms with E-state index >= 15 is 0 Å². The van der Waals surface area contributed by atoms with Crippen LogP contribution in [0.25, 0.3) is 0 Å². The minimum absolute atomic E-state index is 0.843. The first-order valence-electron chi connectivity index (χ1n) is 4.00. The Morgan fingerprint density at radius 2 is 2.36 bits per heavy atom. The van der Waals surface area contributed by atoms with Gasteiger partial charge in [-0.15, -0.1) is 0 Å². The highest BCUT2D eigenvalue weighted by Gasteiger charge is 1.96. The fourth-order valence-electron chi connectivity index (χ4n) is 1.08. The van der Waals surface area contributed by atoms with Gasteiger partial charge in [-0.1, -0.05) is 13.3 Å². The van der Waals surface area contributed by atoms with Gasteiger partial charge in [0.05, 0.1) is 0 Å². The lowest BCUT2D eigenvalue weighted by Gasteiger charge is -2.02. The number of aromatic amines is 1. The summed E-state index contributed by atoms with van der Waals surface area (Å²) in [5.74, 6) is 0. The minimum atomic E-state index is 0.843. The summed E-state index contributed by atoms with van der Waals surface area (Å²) in [6.45, 7) is 5.30. The van der Waals surface area contributed by atoms with Gasteiger partial charge < -0.3 is 9.55 Å². The molecule has 0 saturated heterocycles. The van der Waals surface area contributed by atoms with Gasteiger partial charge in [0, 0.05) is 18.4 Å². The predicted molar refractivity (Wildman–Crippen MR) is 49.3 cm³/mol. The third-order valence-electron chi connectivity index (χ3n) is 1.81. The average Bonchev–Trinajstić information content (AvgIpc) is 2.29. The number of unbranched alkanes of at least 4 members (excludes halogenated alkanes) is 1. The second-order valence-electron chi connectivity index (χ2n) is 2.74. The van der Waals surface area contributed by atoms with Crippen molar-refractivity contribution in [1.82, 2.24) is 9.55 Å². The standard InChI is InChI=1S/C8H14N2S/c1-3-4-5-10-7(2)6-9-8(10)11/h6H,3-5H2,1-2H3,(H,9,11). The summed E-state index contributed by atoms with van der Waals surface area (Å²) in [7, 11) is 0. The number of imidazole rings is 1. The van der Waals surface area contributed by atoms with E-state index in [1.165, 1.54) is 18.5 Å². The van der Waals surface area contributed by atoms with Crippen molar-refractivity contribution < 1.29 is 0 Å². The molecule has 0 bridgehead atoms. The summed E-state index contributed by atoms with van der Waals surface area (Å²) < 4.78 is 2.98. The van der Waals surface area contributed by atoms with E-state index in [9.17, 15) is 0 Å². The quantitative estimate of drug-likeness (QED) is 0.692. The fourth-order valence-corrected chi connectivity index (χ4v) is 1.37. The van der Waals surface area contributed by atoms with Gasteiger partial charge in [0.1, 0.15) is 0 Å². The molecule has 0 aromatic carbocycles. The van der Waals surface area contributed by atoms with Gasteiger partial charge in [0.2, 0.25) is 0 Å². The molecule has 1 aromatic heterocycles. The zero-order valence-electron chi connectivity index (χ0n) is 7.05. The Morgan fingerprint density at radius 3 is 2.82 bits per heavy atom. The summed E-state index contributed by atoms with van der Waals surface area (Å²) in [6, 6.07) is 0. The lowest BCUT2D eigenvalue weighted by Crippen LogP contribution is -1.99. The SMILES string of the molecule is CCCCn1c(C)c[nH]c1=S. The number of H-pyrrole nitrogens is 1. The molecule has 1 heterocycles. The van der Waals surface area contributed by atoms with Gasteiger partial charge in [-0.25, -0.2) is 0 Å². The number of hydrogen-bond donors (Lipinski definition) is 1. The first kappa shape index (κ1) is 8.53. The molecule has 0 unspecified atom stereocenters. The molecule has 0 aliphatic rings. The first-order valence-corrected chi connectivity index (χ1v) is 4.41. The molecule has 1 rings (SSSR count). The molecule has 0 atom stereocenters. The molecular weight excluding hydrogens is 156 g/mol. The zero-order chi connectivity index (χ0) is 8.27. The van der Waals surface area contributed by atoms with Gasteiger partial charge in [0.15, 0.2) is 4.77 Å². The second kappa shape index (κ2) is 3.72. The van der Waals surface area contributed by atoms with Crippen molar-refractivity contribution in [2.45, 2.75) is 33.2 Å². The summed E-state index contributed by atoms with van der Waals surface area (Å²) >= 11 is 5.09. The van der Waals surface area contributed by atoms with Crippen LogP contribution in [0, 0.1) is 11.7 Å². The summed E-state index contributed by atoms with van der Waals surface area (Å²) in [5, 5.41) is 0. The van der Waals surface area contributed by atoms with Crippen molar-refractivity contribution in [3.63, 3.8) is 0 Å². The van der Waals surface area contributed by atoms with Crippen molar-refractivity contribution in [2.24, 2.45) is 0 Å². The highest BCUT2D eigenvalue weighted by molar-refractivity contribution is 7.71. The van der Waals surface area contributed by atoms with Crippen LogP contribution in [0.2, 0.25) is 0 Å². The highest BCUT2D eigenvalue weighted by atomic mass is 32.1. The lowest BCUT2D eigenvalue weighted by atomic mass is 10.3. The largest absolute Gasteiger partial charge is 0.337 e. The first-order chi connectivity index (χ1) is 5.25. The molecule has 0 aliphatic heterocycles. The van der Waals surface area contributed by atoms with Crippen LogP contribution in [0.4, 0.5) is 0 Å². The van der Waals surface area contributed by atoms with E-state index in [1.54, 1.807) is 0 Å². The Kier molecular flexibility index (Phi) is 2.88. The van der Waals surface area contributed by atoms with Crippen molar-refractivity contribution in [3.05, 3.63) is 16.7 Å². The Bertz CT molecular complexity index is 272. The number of aromatic nitrogens is 2. The molecule has 0 saturated carbocycles. The molecule has 0 amide bonds. The number of nitrogens with zero attached hydrogens (tertiary/aromatic N) is 1. The monoisotopic (exact) mass is 170 g/mol. The van der Waals surface area contributed by atoms with E-state index in [4.69, 9.17) is 12.2 Å². The predicted octanol–water partition coefficient (Wildman–Crippen LogP) is 2.65. The lowest BCUT2D eigenvalue weighted by molar-refractivity contribution is 0.613. The minimum Gasteiger partial charge on any atom is -0.337 e. The van der Waals surface area contributed by atoms with Crippen molar-refractivity contribution in [3.8, 4) is 0 Å². The van der Waals surface area contributed by atoms with Gasteiger partial charge in [-0.05, 0) is 25.6 Å². The Hall–Kier alpha value is -0.570. The molecule has 0 aliphatic carbocycles. The maximum absolute atomic E-state index is 5.09. The fraction of sp³-hybridized carbons (Fsp3) is 0.625. The van der Waals surface area contributed by atoms with Crippen LogP contribution in [-0.4, -0.2) is 9.55 Å². The molecular formula is C8H14N2S. The van der Waals surface area contributed by atoms with Crippen LogP contribution in [0.5, 0.6) is 0 Å². The van der Waals surface area contributed by atoms with E-state index in [2.05, 4.69) is 23.4 Å². The third kappa shape index (κ3) is 1.93. The van der Waals surface area contributed by atoms with E-state index in [-0.39, 0.29) is 0 Å². The van der Waals surface area contributed by atoms with Crippen LogP contribution in [0.3, 0.4) is 0 Å². The van der Waals surface area contributed by atoms with Crippen LogP contribution in [0.15, 0.2) is 6.20 Å². The third-order valence-corrected chi connectivity index (χ3v) is 2.15. The number of nitrogens with one attached hydrogen (secondary N) is 1. The van der Waals surface area contributed by atoms with Crippen molar-refractivity contribution in [2.75, 3.05) is 0 Å². The summed E-state index contributed by atoms with van der Waals surface area (Å²) in [6.07, 6.45) is 4.37. The van der Waals surface area contributed by atoms with Crippen molar-refractivity contribution >= 4 is 12.2 Å². The number of hydrogen-bond acceptors (Lipinski definition) is 1. The molecule has 62 valence electrons. The van der Waals surface area contributed by atoms with Crippen LogP contribution in [-0.2, 0) is 6.54 Å². The molecule has 0 fully saturated rings. The molecule has 3 heteroatoms. The molecule has 11 heavy (non-hydrogen) atoms.